The van der Waals surface area contributed by atoms with Crippen LogP contribution in [0.4, 0.5) is 0 Å². The molecule has 0 radical (unpaired) electrons. The van der Waals surface area contributed by atoms with Gasteiger partial charge in [-0.1, -0.05) is 0 Å². The second-order valence-corrected chi connectivity index (χ2v) is 4.45. The molecule has 1 aromatic rings. The van der Waals surface area contributed by atoms with Crippen LogP contribution < -0.4 is 10.5 Å². The fourth-order valence-electron chi connectivity index (χ4n) is 1.42. The SMILES string of the molecule is COc1cc(C)c(CC(C)N)cc1Br. The highest BCUT2D eigenvalue weighted by Gasteiger charge is 2.07. The molecule has 0 aliphatic heterocycles. The van der Waals surface area contributed by atoms with Crippen LogP contribution in [0.15, 0.2) is 16.6 Å². The molecular weight excluding hydrogens is 242 g/mol. The molecule has 0 heterocycles. The third kappa shape index (κ3) is 2.72. The Morgan fingerprint density at radius 2 is 2.14 bits per heavy atom. The Hall–Kier alpha value is -0.540. The largest absolute Gasteiger partial charge is 0.496 e. The number of hydrogen-bond donors (Lipinski definition) is 1. The van der Waals surface area contributed by atoms with Gasteiger partial charge >= 0.3 is 0 Å². The number of nitrogens with two attached hydrogens (primary N) is 1. The highest BCUT2D eigenvalue weighted by molar-refractivity contribution is 9.10. The predicted octanol–water partition coefficient (Wildman–Crippen LogP) is 2.66. The minimum Gasteiger partial charge on any atom is -0.496 e. The Balaban J connectivity index is 3.02. The van der Waals surface area contributed by atoms with Crippen molar-refractivity contribution in [2.75, 3.05) is 7.11 Å². The van der Waals surface area contributed by atoms with Gasteiger partial charge in [-0.3, -0.25) is 0 Å². The van der Waals surface area contributed by atoms with E-state index in [0.29, 0.717) is 0 Å². The molecule has 1 unspecified atom stereocenters. The molecular formula is C11H16BrNO. The molecule has 1 aromatic carbocycles. The van der Waals surface area contributed by atoms with E-state index in [0.717, 1.165) is 16.6 Å². The highest BCUT2D eigenvalue weighted by Crippen LogP contribution is 2.28. The fraction of sp³-hybridized carbons (Fsp3) is 0.455. The maximum absolute atomic E-state index is 5.77. The zero-order valence-electron chi connectivity index (χ0n) is 8.80. The first kappa shape index (κ1) is 11.5. The van der Waals surface area contributed by atoms with Gasteiger partial charge in [0.15, 0.2) is 0 Å². The van der Waals surface area contributed by atoms with Crippen molar-refractivity contribution in [1.29, 1.82) is 0 Å². The molecule has 0 saturated heterocycles. The summed E-state index contributed by atoms with van der Waals surface area (Å²) in [6, 6.07) is 4.30. The average molecular weight is 258 g/mol. The quantitative estimate of drug-likeness (QED) is 0.904. The Labute approximate surface area is 93.6 Å². The molecule has 2 nitrogen and oxygen atoms in total. The van der Waals surface area contributed by atoms with E-state index in [9.17, 15) is 0 Å². The molecule has 78 valence electrons. The van der Waals surface area contributed by atoms with Crippen LogP contribution in [-0.2, 0) is 6.42 Å². The summed E-state index contributed by atoms with van der Waals surface area (Å²) < 4.78 is 6.19. The lowest BCUT2D eigenvalue weighted by Crippen LogP contribution is -2.18. The van der Waals surface area contributed by atoms with Gasteiger partial charge in [0.1, 0.15) is 5.75 Å². The van der Waals surface area contributed by atoms with Crippen molar-refractivity contribution >= 4 is 15.9 Å². The molecule has 0 aromatic heterocycles. The molecule has 14 heavy (non-hydrogen) atoms. The third-order valence-electron chi connectivity index (χ3n) is 2.15. The van der Waals surface area contributed by atoms with E-state index < -0.39 is 0 Å². The fourth-order valence-corrected chi connectivity index (χ4v) is 1.97. The van der Waals surface area contributed by atoms with Crippen molar-refractivity contribution in [1.82, 2.24) is 0 Å². The zero-order chi connectivity index (χ0) is 10.7. The molecule has 0 amide bonds. The molecule has 1 rings (SSSR count). The minimum atomic E-state index is 0.189. The van der Waals surface area contributed by atoms with Gasteiger partial charge in [-0.25, -0.2) is 0 Å². The van der Waals surface area contributed by atoms with Crippen molar-refractivity contribution in [2.24, 2.45) is 5.73 Å². The lowest BCUT2D eigenvalue weighted by Gasteiger charge is -2.12. The highest BCUT2D eigenvalue weighted by atomic mass is 79.9. The summed E-state index contributed by atoms with van der Waals surface area (Å²) in [5, 5.41) is 0. The first-order valence-corrected chi connectivity index (χ1v) is 5.42. The minimum absolute atomic E-state index is 0.189. The molecule has 0 saturated carbocycles. The van der Waals surface area contributed by atoms with Gasteiger partial charge < -0.3 is 10.5 Å². The van der Waals surface area contributed by atoms with Gasteiger partial charge in [0.25, 0.3) is 0 Å². The number of halogens is 1. The summed E-state index contributed by atoms with van der Waals surface area (Å²) in [5.41, 5.74) is 8.26. The number of methoxy groups -OCH3 is 1. The van der Waals surface area contributed by atoms with Gasteiger partial charge in [-0.2, -0.15) is 0 Å². The summed E-state index contributed by atoms with van der Waals surface area (Å²) in [5.74, 6) is 0.871. The van der Waals surface area contributed by atoms with E-state index in [1.54, 1.807) is 7.11 Å². The smallest absolute Gasteiger partial charge is 0.133 e. The lowest BCUT2D eigenvalue weighted by molar-refractivity contribution is 0.411. The Bertz CT molecular complexity index is 323. The van der Waals surface area contributed by atoms with Gasteiger partial charge in [0, 0.05) is 6.04 Å². The van der Waals surface area contributed by atoms with Gasteiger partial charge in [0.05, 0.1) is 11.6 Å². The van der Waals surface area contributed by atoms with Crippen LogP contribution in [0.1, 0.15) is 18.1 Å². The first-order chi connectivity index (χ1) is 6.54. The van der Waals surface area contributed by atoms with E-state index in [-0.39, 0.29) is 6.04 Å². The Morgan fingerprint density at radius 3 is 2.64 bits per heavy atom. The number of rotatable bonds is 3. The molecule has 0 bridgehead atoms. The molecule has 1 atom stereocenters. The average Bonchev–Trinajstić information content (AvgIpc) is 2.10. The molecule has 0 fully saturated rings. The number of hydrogen-bond acceptors (Lipinski definition) is 2. The van der Waals surface area contributed by atoms with Crippen LogP contribution in [0.5, 0.6) is 5.75 Å². The van der Waals surface area contributed by atoms with Gasteiger partial charge in [-0.05, 0) is 59.5 Å². The maximum Gasteiger partial charge on any atom is 0.133 e. The normalized spacial score (nSPS) is 12.6. The van der Waals surface area contributed by atoms with E-state index in [2.05, 4.69) is 28.9 Å². The van der Waals surface area contributed by atoms with Gasteiger partial charge in [0.2, 0.25) is 0 Å². The number of aryl methyl sites for hydroxylation is 1. The third-order valence-corrected chi connectivity index (χ3v) is 2.77. The van der Waals surface area contributed by atoms with Crippen molar-refractivity contribution in [2.45, 2.75) is 26.3 Å². The zero-order valence-corrected chi connectivity index (χ0v) is 10.4. The molecule has 0 aliphatic rings. The van der Waals surface area contributed by atoms with Gasteiger partial charge in [-0.15, -0.1) is 0 Å². The van der Waals surface area contributed by atoms with E-state index in [4.69, 9.17) is 10.5 Å². The standard InChI is InChI=1S/C11H16BrNO/c1-7-4-11(14-3)10(12)6-9(7)5-8(2)13/h4,6,8H,5,13H2,1-3H3. The summed E-state index contributed by atoms with van der Waals surface area (Å²) in [6.45, 7) is 4.09. The maximum atomic E-state index is 5.77. The van der Waals surface area contributed by atoms with Crippen molar-refractivity contribution < 1.29 is 4.74 Å². The van der Waals surface area contributed by atoms with Crippen LogP contribution in [0.2, 0.25) is 0 Å². The molecule has 3 heteroatoms. The van der Waals surface area contributed by atoms with Crippen molar-refractivity contribution in [3.63, 3.8) is 0 Å². The van der Waals surface area contributed by atoms with Crippen LogP contribution in [-0.4, -0.2) is 13.2 Å². The molecule has 0 spiro atoms. The first-order valence-electron chi connectivity index (χ1n) is 4.63. The topological polar surface area (TPSA) is 35.2 Å². The lowest BCUT2D eigenvalue weighted by atomic mass is 10.0. The van der Waals surface area contributed by atoms with Crippen molar-refractivity contribution in [3.05, 3.63) is 27.7 Å². The summed E-state index contributed by atoms with van der Waals surface area (Å²) in [4.78, 5) is 0. The predicted molar refractivity (Wildman–Crippen MR) is 62.8 cm³/mol. The Kier molecular flexibility index (Phi) is 3.96. The number of ether oxygens (including phenoxy) is 1. The van der Waals surface area contributed by atoms with E-state index in [1.807, 2.05) is 13.0 Å². The molecule has 0 aliphatic carbocycles. The Morgan fingerprint density at radius 1 is 1.50 bits per heavy atom. The van der Waals surface area contributed by atoms with Crippen LogP contribution >= 0.6 is 15.9 Å². The second kappa shape index (κ2) is 4.80. The summed E-state index contributed by atoms with van der Waals surface area (Å²) in [6.07, 6.45) is 0.897. The van der Waals surface area contributed by atoms with Crippen molar-refractivity contribution in [3.8, 4) is 5.75 Å². The second-order valence-electron chi connectivity index (χ2n) is 3.59. The summed E-state index contributed by atoms with van der Waals surface area (Å²) in [7, 11) is 1.67. The van der Waals surface area contributed by atoms with Crippen LogP contribution in [0.25, 0.3) is 0 Å². The van der Waals surface area contributed by atoms with Crippen LogP contribution in [0.3, 0.4) is 0 Å². The van der Waals surface area contributed by atoms with E-state index in [1.165, 1.54) is 11.1 Å². The monoisotopic (exact) mass is 257 g/mol. The van der Waals surface area contributed by atoms with Crippen LogP contribution in [0, 0.1) is 6.92 Å². The number of benzene rings is 1. The molecule has 2 N–H and O–H groups in total. The summed E-state index contributed by atoms with van der Waals surface area (Å²) >= 11 is 3.47. The van der Waals surface area contributed by atoms with E-state index >= 15 is 0 Å².